The first-order valence-electron chi connectivity index (χ1n) is 4.95. The van der Waals surface area contributed by atoms with Gasteiger partial charge in [-0.25, -0.2) is 4.39 Å². The predicted molar refractivity (Wildman–Crippen MR) is 58.0 cm³/mol. The van der Waals surface area contributed by atoms with Crippen LogP contribution < -0.4 is 5.32 Å². The van der Waals surface area contributed by atoms with Gasteiger partial charge in [-0.2, -0.15) is 0 Å². The topological polar surface area (TPSA) is 24.9 Å². The third kappa shape index (κ3) is 5.65. The smallest absolute Gasteiger partial charge is 0.142 e. The van der Waals surface area contributed by atoms with E-state index >= 15 is 0 Å². The van der Waals surface area contributed by atoms with Crippen molar-refractivity contribution in [2.45, 2.75) is 26.4 Å². The molecular weight excluding hydrogens is 179 g/mol. The first kappa shape index (κ1) is 13.0. The summed E-state index contributed by atoms with van der Waals surface area (Å²) >= 11 is 0. The van der Waals surface area contributed by atoms with Gasteiger partial charge in [-0.15, -0.1) is 0 Å². The summed E-state index contributed by atoms with van der Waals surface area (Å²) in [4.78, 5) is 3.87. The van der Waals surface area contributed by atoms with Gasteiger partial charge >= 0.3 is 0 Å². The van der Waals surface area contributed by atoms with Crippen LogP contribution in [0.2, 0.25) is 0 Å². The fraction of sp³-hybridized carbons (Fsp3) is 0.545. The lowest BCUT2D eigenvalue weighted by Gasteiger charge is -2.01. The Morgan fingerprint density at radius 2 is 2.07 bits per heavy atom. The van der Waals surface area contributed by atoms with Crippen molar-refractivity contribution in [1.82, 2.24) is 10.3 Å². The lowest BCUT2D eigenvalue weighted by molar-refractivity contribution is 0.327. The first-order valence-corrected chi connectivity index (χ1v) is 4.95. The first-order chi connectivity index (χ1) is 6.76. The normalized spacial score (nSPS) is 11.4. The minimum absolute atomic E-state index is 0.497. The average Bonchev–Trinajstić information content (AvgIpc) is 2.29. The van der Waals surface area contributed by atoms with Gasteiger partial charge in [0.2, 0.25) is 0 Å². The number of nitrogens with zero attached hydrogens (tertiary/aromatic N) is 1. The van der Waals surface area contributed by atoms with Crippen molar-refractivity contribution < 1.29 is 4.39 Å². The fourth-order valence-electron chi connectivity index (χ4n) is 0.770. The predicted octanol–water partition coefficient (Wildman–Crippen LogP) is 2.73. The van der Waals surface area contributed by atoms with Crippen molar-refractivity contribution in [1.29, 1.82) is 0 Å². The van der Waals surface area contributed by atoms with Gasteiger partial charge < -0.3 is 5.32 Å². The maximum atomic E-state index is 12.8. The zero-order valence-electron chi connectivity index (χ0n) is 9.13. The molecule has 0 amide bonds. The molecule has 0 spiro atoms. The van der Waals surface area contributed by atoms with E-state index in [-0.39, 0.29) is 0 Å². The van der Waals surface area contributed by atoms with E-state index in [0.29, 0.717) is 12.1 Å². The number of rotatable bonds is 3. The summed E-state index contributed by atoms with van der Waals surface area (Å²) in [5.41, 5.74) is 0.532. The molecule has 1 atom stereocenters. The minimum atomic E-state index is -0.902. The molecule has 0 bridgehead atoms. The SMILES string of the molecule is CCC(F)c1ccccn1.CCNC. The van der Waals surface area contributed by atoms with Crippen LogP contribution in [0.25, 0.3) is 0 Å². The summed E-state index contributed by atoms with van der Waals surface area (Å²) in [7, 11) is 1.93. The Balaban J connectivity index is 0.000000364. The van der Waals surface area contributed by atoms with Crippen LogP contribution in [0.15, 0.2) is 24.4 Å². The van der Waals surface area contributed by atoms with Gasteiger partial charge in [0.25, 0.3) is 0 Å². The second-order valence-electron chi connectivity index (χ2n) is 2.84. The molecule has 1 aromatic heterocycles. The summed E-state index contributed by atoms with van der Waals surface area (Å²) in [6.45, 7) is 4.94. The lowest BCUT2D eigenvalue weighted by Crippen LogP contribution is -2.01. The molecule has 0 aromatic carbocycles. The summed E-state index contributed by atoms with van der Waals surface area (Å²) in [5, 5.41) is 2.93. The Morgan fingerprint density at radius 1 is 1.43 bits per heavy atom. The molecule has 0 aliphatic heterocycles. The zero-order chi connectivity index (χ0) is 10.8. The summed E-state index contributed by atoms with van der Waals surface area (Å²) in [6, 6.07) is 5.28. The van der Waals surface area contributed by atoms with Crippen LogP contribution in [0.1, 0.15) is 32.1 Å². The highest BCUT2D eigenvalue weighted by atomic mass is 19.1. The molecule has 0 radical (unpaired) electrons. The molecule has 1 N–H and O–H groups in total. The Labute approximate surface area is 85.6 Å². The molecule has 1 unspecified atom stereocenters. The van der Waals surface area contributed by atoms with E-state index in [9.17, 15) is 4.39 Å². The highest BCUT2D eigenvalue weighted by Gasteiger charge is 2.05. The lowest BCUT2D eigenvalue weighted by atomic mass is 10.2. The second-order valence-corrected chi connectivity index (χ2v) is 2.84. The molecule has 14 heavy (non-hydrogen) atoms. The van der Waals surface area contributed by atoms with E-state index in [4.69, 9.17) is 0 Å². The summed E-state index contributed by atoms with van der Waals surface area (Å²) < 4.78 is 12.8. The van der Waals surface area contributed by atoms with Crippen molar-refractivity contribution in [3.63, 3.8) is 0 Å². The van der Waals surface area contributed by atoms with Gasteiger partial charge in [0.1, 0.15) is 6.17 Å². The molecule has 1 rings (SSSR count). The molecule has 0 saturated carbocycles. The molecule has 1 aromatic rings. The maximum Gasteiger partial charge on any atom is 0.142 e. The van der Waals surface area contributed by atoms with Gasteiger partial charge in [-0.1, -0.05) is 19.9 Å². The van der Waals surface area contributed by atoms with Crippen LogP contribution in [0, 0.1) is 0 Å². The average molecular weight is 198 g/mol. The van der Waals surface area contributed by atoms with Crippen LogP contribution >= 0.6 is 0 Å². The zero-order valence-corrected chi connectivity index (χ0v) is 9.13. The Hall–Kier alpha value is -0.960. The molecule has 0 fully saturated rings. The highest BCUT2D eigenvalue weighted by Crippen LogP contribution is 2.16. The van der Waals surface area contributed by atoms with E-state index in [1.54, 1.807) is 31.3 Å². The molecule has 80 valence electrons. The molecule has 1 heterocycles. The molecule has 0 aliphatic carbocycles. The van der Waals surface area contributed by atoms with Crippen molar-refractivity contribution in [2.75, 3.05) is 13.6 Å². The molecule has 3 heteroatoms. The van der Waals surface area contributed by atoms with Crippen molar-refractivity contribution >= 4 is 0 Å². The Bertz CT molecular complexity index is 212. The van der Waals surface area contributed by atoms with Crippen LogP contribution in [-0.2, 0) is 0 Å². The Morgan fingerprint density at radius 3 is 2.43 bits per heavy atom. The summed E-state index contributed by atoms with van der Waals surface area (Å²) in [5.74, 6) is 0. The van der Waals surface area contributed by atoms with Crippen LogP contribution in [0.3, 0.4) is 0 Å². The van der Waals surface area contributed by atoms with E-state index in [2.05, 4.69) is 17.2 Å². The van der Waals surface area contributed by atoms with E-state index in [0.717, 1.165) is 6.54 Å². The number of aromatic nitrogens is 1. The molecule has 2 nitrogen and oxygen atoms in total. The Kier molecular flexibility index (Phi) is 8.04. The number of hydrogen-bond acceptors (Lipinski definition) is 2. The minimum Gasteiger partial charge on any atom is -0.320 e. The van der Waals surface area contributed by atoms with Gasteiger partial charge in [0.15, 0.2) is 0 Å². The second kappa shape index (κ2) is 8.63. The van der Waals surface area contributed by atoms with Crippen molar-refractivity contribution in [2.24, 2.45) is 0 Å². The number of alkyl halides is 1. The van der Waals surface area contributed by atoms with Gasteiger partial charge in [-0.05, 0) is 32.1 Å². The van der Waals surface area contributed by atoms with Gasteiger partial charge in [-0.3, -0.25) is 4.98 Å². The number of pyridine rings is 1. The highest BCUT2D eigenvalue weighted by molar-refractivity contribution is 5.06. The van der Waals surface area contributed by atoms with E-state index in [1.165, 1.54) is 0 Å². The number of halogens is 1. The quantitative estimate of drug-likeness (QED) is 0.807. The van der Waals surface area contributed by atoms with Gasteiger partial charge in [0.05, 0.1) is 5.69 Å². The van der Waals surface area contributed by atoms with Crippen molar-refractivity contribution in [3.05, 3.63) is 30.1 Å². The maximum absolute atomic E-state index is 12.8. The third-order valence-corrected chi connectivity index (χ3v) is 1.72. The van der Waals surface area contributed by atoms with Crippen molar-refractivity contribution in [3.8, 4) is 0 Å². The third-order valence-electron chi connectivity index (χ3n) is 1.72. The molecular formula is C11H19FN2. The summed E-state index contributed by atoms with van der Waals surface area (Å²) in [6.07, 6.45) is 1.20. The number of nitrogens with one attached hydrogen (secondary N) is 1. The largest absolute Gasteiger partial charge is 0.320 e. The van der Waals surface area contributed by atoms with Crippen LogP contribution in [0.5, 0.6) is 0 Å². The van der Waals surface area contributed by atoms with Crippen LogP contribution in [0.4, 0.5) is 4.39 Å². The molecule has 0 saturated heterocycles. The van der Waals surface area contributed by atoms with Crippen LogP contribution in [-0.4, -0.2) is 18.6 Å². The van der Waals surface area contributed by atoms with E-state index < -0.39 is 6.17 Å². The standard InChI is InChI=1S/C8H10FN.C3H9N/c1-2-7(9)8-5-3-4-6-10-8;1-3-4-2/h3-7H,2H2,1H3;4H,3H2,1-2H3. The fourth-order valence-corrected chi connectivity index (χ4v) is 0.770. The van der Waals surface area contributed by atoms with Gasteiger partial charge in [0, 0.05) is 6.20 Å². The van der Waals surface area contributed by atoms with E-state index in [1.807, 2.05) is 7.05 Å². The molecule has 0 aliphatic rings. The monoisotopic (exact) mass is 198 g/mol. The number of hydrogen-bond donors (Lipinski definition) is 1.